The second kappa shape index (κ2) is 6.41. The van der Waals surface area contributed by atoms with Gasteiger partial charge in [0, 0.05) is 13.1 Å². The van der Waals surface area contributed by atoms with E-state index >= 15 is 0 Å². The summed E-state index contributed by atoms with van der Waals surface area (Å²) in [6.45, 7) is 13.5. The molecule has 4 heteroatoms. The molecule has 0 amide bonds. The Labute approximate surface area is 110 Å². The lowest BCUT2D eigenvalue weighted by Gasteiger charge is -2.16. The molecule has 0 saturated carbocycles. The van der Waals surface area contributed by atoms with Gasteiger partial charge in [0.1, 0.15) is 0 Å². The van der Waals surface area contributed by atoms with Crippen LogP contribution in [0.25, 0.3) is 0 Å². The summed E-state index contributed by atoms with van der Waals surface area (Å²) in [6, 6.07) is 0. The minimum Gasteiger partial charge on any atom is -0.311 e. The fourth-order valence-electron chi connectivity index (χ4n) is 1.69. The van der Waals surface area contributed by atoms with E-state index in [0.717, 1.165) is 36.0 Å². The molecule has 1 N–H and O–H groups in total. The van der Waals surface area contributed by atoms with Crippen LogP contribution < -0.4 is 5.32 Å². The second-order valence-electron chi connectivity index (χ2n) is 5.01. The van der Waals surface area contributed by atoms with E-state index in [-0.39, 0.29) is 0 Å². The maximum Gasteiger partial charge on any atom is 0.0860 e. The van der Waals surface area contributed by atoms with Gasteiger partial charge in [-0.3, -0.25) is 4.68 Å². The third-order valence-corrected chi connectivity index (χ3v) is 3.84. The van der Waals surface area contributed by atoms with Gasteiger partial charge in [0.05, 0.1) is 16.4 Å². The quantitative estimate of drug-likeness (QED) is 0.848. The molecule has 1 unspecified atom stereocenters. The van der Waals surface area contributed by atoms with Crippen molar-refractivity contribution in [1.82, 2.24) is 15.1 Å². The Morgan fingerprint density at radius 3 is 2.53 bits per heavy atom. The lowest BCUT2D eigenvalue weighted by atomic mass is 9.98. The van der Waals surface area contributed by atoms with Crippen molar-refractivity contribution in [2.24, 2.45) is 11.8 Å². The van der Waals surface area contributed by atoms with Crippen LogP contribution in [0, 0.1) is 18.8 Å². The number of aryl methyl sites for hydroxylation is 2. The molecule has 1 heterocycles. The van der Waals surface area contributed by atoms with E-state index in [1.54, 1.807) is 0 Å². The molecular weight excluding hydrogens is 234 g/mol. The molecule has 17 heavy (non-hydrogen) atoms. The van der Waals surface area contributed by atoms with Gasteiger partial charge in [0.25, 0.3) is 0 Å². The molecule has 1 aromatic heterocycles. The van der Waals surface area contributed by atoms with E-state index in [1.165, 1.54) is 0 Å². The van der Waals surface area contributed by atoms with Crippen LogP contribution in [0.3, 0.4) is 0 Å². The lowest BCUT2D eigenvalue weighted by molar-refractivity contribution is 0.389. The van der Waals surface area contributed by atoms with E-state index < -0.39 is 0 Å². The molecule has 98 valence electrons. The fourth-order valence-corrected chi connectivity index (χ4v) is 1.89. The van der Waals surface area contributed by atoms with E-state index in [2.05, 4.69) is 38.1 Å². The minimum absolute atomic E-state index is 0.674. The molecule has 0 radical (unpaired) electrons. The van der Waals surface area contributed by atoms with Crippen LogP contribution in [0.15, 0.2) is 0 Å². The van der Waals surface area contributed by atoms with Crippen LogP contribution in [0.4, 0.5) is 0 Å². The largest absolute Gasteiger partial charge is 0.311 e. The highest BCUT2D eigenvalue weighted by Gasteiger charge is 2.13. The highest BCUT2D eigenvalue weighted by atomic mass is 35.5. The van der Waals surface area contributed by atoms with E-state index in [1.807, 2.05) is 11.6 Å². The van der Waals surface area contributed by atoms with Crippen molar-refractivity contribution in [3.05, 3.63) is 16.4 Å². The Balaban J connectivity index is 2.57. The molecule has 0 aromatic carbocycles. The van der Waals surface area contributed by atoms with Crippen molar-refractivity contribution >= 4 is 11.6 Å². The van der Waals surface area contributed by atoms with Crippen LogP contribution in [0.1, 0.15) is 39.1 Å². The molecule has 0 aliphatic carbocycles. The zero-order chi connectivity index (χ0) is 13.0. The van der Waals surface area contributed by atoms with Crippen molar-refractivity contribution < 1.29 is 0 Å². The van der Waals surface area contributed by atoms with Crippen molar-refractivity contribution in [2.75, 3.05) is 6.54 Å². The van der Waals surface area contributed by atoms with Gasteiger partial charge in [0.15, 0.2) is 0 Å². The predicted octanol–water partition coefficient (Wildman–Crippen LogP) is 3.25. The highest BCUT2D eigenvalue weighted by molar-refractivity contribution is 6.31. The standard InChI is InChI=1S/C13H24ClN3/c1-6-17-12(13(14)11(5)16-17)8-15-7-10(4)9(2)3/h9-10,15H,6-8H2,1-5H3. The minimum atomic E-state index is 0.674. The average molecular weight is 258 g/mol. The summed E-state index contributed by atoms with van der Waals surface area (Å²) >= 11 is 6.25. The number of rotatable bonds is 6. The lowest BCUT2D eigenvalue weighted by Crippen LogP contribution is -2.25. The Morgan fingerprint density at radius 2 is 2.00 bits per heavy atom. The number of nitrogens with one attached hydrogen (secondary N) is 1. The maximum atomic E-state index is 6.25. The van der Waals surface area contributed by atoms with Crippen molar-refractivity contribution in [2.45, 2.75) is 47.7 Å². The predicted molar refractivity (Wildman–Crippen MR) is 73.4 cm³/mol. The van der Waals surface area contributed by atoms with Gasteiger partial charge in [-0.05, 0) is 32.2 Å². The first-order chi connectivity index (χ1) is 7.97. The zero-order valence-corrected chi connectivity index (χ0v) is 12.3. The number of nitrogens with zero attached hydrogens (tertiary/aromatic N) is 2. The van der Waals surface area contributed by atoms with E-state index in [4.69, 9.17) is 11.6 Å². The molecule has 1 rings (SSSR count). The van der Waals surface area contributed by atoms with Crippen molar-refractivity contribution in [3.63, 3.8) is 0 Å². The number of halogens is 1. The first-order valence-electron chi connectivity index (χ1n) is 6.39. The van der Waals surface area contributed by atoms with Gasteiger partial charge in [0.2, 0.25) is 0 Å². The van der Waals surface area contributed by atoms with Gasteiger partial charge in [-0.25, -0.2) is 0 Å². The molecule has 1 atom stereocenters. The second-order valence-corrected chi connectivity index (χ2v) is 5.39. The van der Waals surface area contributed by atoms with Crippen molar-refractivity contribution in [3.8, 4) is 0 Å². The summed E-state index contributed by atoms with van der Waals surface area (Å²) in [5.41, 5.74) is 2.02. The maximum absolute atomic E-state index is 6.25. The third kappa shape index (κ3) is 3.71. The molecule has 0 fully saturated rings. The summed E-state index contributed by atoms with van der Waals surface area (Å²) < 4.78 is 1.98. The van der Waals surface area contributed by atoms with Gasteiger partial charge in [-0.2, -0.15) is 5.10 Å². The Kier molecular flexibility index (Phi) is 5.47. The van der Waals surface area contributed by atoms with Crippen LogP contribution in [0.5, 0.6) is 0 Å². The van der Waals surface area contributed by atoms with E-state index in [0.29, 0.717) is 11.8 Å². The zero-order valence-electron chi connectivity index (χ0n) is 11.5. The normalized spacial score (nSPS) is 13.4. The molecule has 0 aliphatic rings. The summed E-state index contributed by atoms with van der Waals surface area (Å²) in [5.74, 6) is 1.38. The SMILES string of the molecule is CCn1nc(C)c(Cl)c1CNCC(C)C(C)C. The van der Waals surface area contributed by atoms with Crippen molar-refractivity contribution in [1.29, 1.82) is 0 Å². The Hall–Kier alpha value is -0.540. The first kappa shape index (κ1) is 14.5. The summed E-state index contributed by atoms with van der Waals surface area (Å²) in [6.07, 6.45) is 0. The molecule has 0 saturated heterocycles. The first-order valence-corrected chi connectivity index (χ1v) is 6.77. The third-order valence-electron chi connectivity index (χ3n) is 3.35. The molecular formula is C13H24ClN3. The Morgan fingerprint density at radius 1 is 1.35 bits per heavy atom. The van der Waals surface area contributed by atoms with E-state index in [9.17, 15) is 0 Å². The monoisotopic (exact) mass is 257 g/mol. The van der Waals surface area contributed by atoms with Crippen LogP contribution in [0.2, 0.25) is 5.02 Å². The van der Waals surface area contributed by atoms with Crippen LogP contribution in [-0.4, -0.2) is 16.3 Å². The molecule has 0 bridgehead atoms. The molecule has 0 aliphatic heterocycles. The summed E-state index contributed by atoms with van der Waals surface area (Å²) in [5, 5.41) is 8.68. The van der Waals surface area contributed by atoms with Crippen LogP contribution >= 0.6 is 11.6 Å². The van der Waals surface area contributed by atoms with Gasteiger partial charge in [-0.15, -0.1) is 0 Å². The summed E-state index contributed by atoms with van der Waals surface area (Å²) in [7, 11) is 0. The van der Waals surface area contributed by atoms with Crippen LogP contribution in [-0.2, 0) is 13.1 Å². The highest BCUT2D eigenvalue weighted by Crippen LogP contribution is 2.20. The smallest absolute Gasteiger partial charge is 0.0860 e. The topological polar surface area (TPSA) is 29.9 Å². The number of hydrogen-bond acceptors (Lipinski definition) is 2. The molecule has 1 aromatic rings. The van der Waals surface area contributed by atoms with Gasteiger partial charge >= 0.3 is 0 Å². The molecule has 3 nitrogen and oxygen atoms in total. The van der Waals surface area contributed by atoms with Gasteiger partial charge in [-0.1, -0.05) is 32.4 Å². The number of hydrogen-bond donors (Lipinski definition) is 1. The average Bonchev–Trinajstić information content (AvgIpc) is 2.56. The number of aromatic nitrogens is 2. The fraction of sp³-hybridized carbons (Fsp3) is 0.769. The Bertz CT molecular complexity index is 358. The van der Waals surface area contributed by atoms with Gasteiger partial charge < -0.3 is 5.32 Å². The molecule has 0 spiro atoms. The summed E-state index contributed by atoms with van der Waals surface area (Å²) in [4.78, 5) is 0.